The van der Waals surface area contributed by atoms with E-state index in [2.05, 4.69) is 242 Å². The number of fused-ring (bicyclic) bond motifs is 2. The minimum absolute atomic E-state index is 0.0143. The number of hydrogen-bond donors (Lipinski definition) is 0. The van der Waals surface area contributed by atoms with Crippen LogP contribution in [0.5, 0.6) is 0 Å². The lowest BCUT2D eigenvalue weighted by Gasteiger charge is -2.47. The zero-order valence-corrected chi connectivity index (χ0v) is 34.1. The number of allylic oxidation sites excluding steroid dienone is 4. The maximum absolute atomic E-state index is 2.32. The third-order valence-electron chi connectivity index (χ3n) is 12.7. The summed E-state index contributed by atoms with van der Waals surface area (Å²) in [5.74, 6) is 0. The summed E-state index contributed by atoms with van der Waals surface area (Å²) in [6, 6.07) is 55.1. The van der Waals surface area contributed by atoms with Crippen LogP contribution in [0.15, 0.2) is 176 Å². The lowest BCUT2D eigenvalue weighted by molar-refractivity contribution is -0.401. The summed E-state index contributed by atoms with van der Waals surface area (Å²) >= 11 is 0. The Balaban J connectivity index is 0.000000169. The molecule has 0 radical (unpaired) electrons. The second kappa shape index (κ2) is 14.9. The van der Waals surface area contributed by atoms with Gasteiger partial charge in [-0.05, 0) is 52.3 Å². The number of likely N-dealkylation sites (N-methyl/N-ethyl adjacent to an activating group) is 1. The first-order chi connectivity index (χ1) is 26.4. The van der Waals surface area contributed by atoms with Crippen molar-refractivity contribution in [1.29, 1.82) is 0 Å². The molecule has 0 aliphatic carbocycles. The van der Waals surface area contributed by atoms with Crippen molar-refractivity contribution in [2.45, 2.75) is 59.3 Å². The highest BCUT2D eigenvalue weighted by Gasteiger charge is 2.43. The monoisotopic (exact) mass is 718 g/mol. The van der Waals surface area contributed by atoms with Gasteiger partial charge < -0.3 is 4.90 Å². The predicted molar refractivity (Wildman–Crippen MR) is 240 cm³/mol. The molecule has 8 rings (SSSR count). The molecule has 2 nitrogen and oxygen atoms in total. The van der Waals surface area contributed by atoms with E-state index in [9.17, 15) is 0 Å². The van der Waals surface area contributed by atoms with E-state index in [4.69, 9.17) is 0 Å². The van der Waals surface area contributed by atoms with Crippen LogP contribution in [0.4, 0.5) is 11.4 Å². The first-order valence-corrected chi connectivity index (χ1v) is 19.7. The van der Waals surface area contributed by atoms with Crippen LogP contribution in [0.3, 0.4) is 0 Å². The number of aryl methyl sites for hydroxylation is 3. The summed E-state index contributed by atoms with van der Waals surface area (Å²) in [5, 5.41) is 0. The van der Waals surface area contributed by atoms with Gasteiger partial charge in [-0.3, -0.25) is 0 Å². The molecule has 3 heteroatoms. The van der Waals surface area contributed by atoms with Crippen LogP contribution < -0.4 is 26.8 Å². The maximum atomic E-state index is 2.32. The van der Waals surface area contributed by atoms with Gasteiger partial charge in [-0.15, -0.1) is 0 Å². The molecule has 0 spiro atoms. The Kier molecular flexibility index (Phi) is 10.2. The van der Waals surface area contributed by atoms with Gasteiger partial charge in [0.05, 0.1) is 5.41 Å². The van der Waals surface area contributed by atoms with E-state index in [0.717, 1.165) is 0 Å². The molecule has 0 aromatic heterocycles. The van der Waals surface area contributed by atoms with Gasteiger partial charge in [-0.2, -0.15) is 26.4 Å². The zero-order valence-electron chi connectivity index (χ0n) is 34.1. The molecule has 6 aromatic carbocycles. The molecular formula is C52H55BN2. The molecule has 2 heterocycles. The van der Waals surface area contributed by atoms with Crippen molar-refractivity contribution in [3.63, 3.8) is 0 Å². The predicted octanol–water partition coefficient (Wildman–Crippen LogP) is 9.55. The van der Waals surface area contributed by atoms with E-state index < -0.39 is 6.15 Å². The topological polar surface area (TPSA) is 6.25 Å². The van der Waals surface area contributed by atoms with Crippen LogP contribution in [-0.2, 0) is 10.8 Å². The third kappa shape index (κ3) is 6.40. The van der Waals surface area contributed by atoms with Crippen LogP contribution >= 0.6 is 0 Å². The van der Waals surface area contributed by atoms with Crippen molar-refractivity contribution >= 4 is 45.1 Å². The number of nitrogens with zero attached hydrogens (tertiary/aromatic N) is 2. The van der Waals surface area contributed by atoms with Crippen LogP contribution in [-0.4, -0.2) is 30.5 Å². The van der Waals surface area contributed by atoms with Gasteiger partial charge in [0.15, 0.2) is 5.71 Å². The maximum Gasteiger partial charge on any atom is 0.209 e. The summed E-state index contributed by atoms with van der Waals surface area (Å²) in [6.07, 6.45) is 5.48. The van der Waals surface area contributed by atoms with Crippen molar-refractivity contribution in [2.75, 3.05) is 19.0 Å². The van der Waals surface area contributed by atoms with Gasteiger partial charge in [0, 0.05) is 41.6 Å². The molecular weight excluding hydrogens is 663 g/mol. The number of benzene rings is 6. The fourth-order valence-corrected chi connectivity index (χ4v) is 9.83. The van der Waals surface area contributed by atoms with E-state index in [1.807, 2.05) is 0 Å². The molecule has 0 unspecified atom stereocenters. The molecule has 0 saturated carbocycles. The molecule has 0 amide bonds. The molecule has 0 atom stereocenters. The number of rotatable bonds is 6. The Morgan fingerprint density at radius 2 is 0.982 bits per heavy atom. The number of anilines is 1. The van der Waals surface area contributed by atoms with Gasteiger partial charge >= 0.3 is 0 Å². The molecule has 276 valence electrons. The largest absolute Gasteiger partial charge is 0.347 e. The summed E-state index contributed by atoms with van der Waals surface area (Å²) in [5.41, 5.74) is 17.6. The molecule has 0 bridgehead atoms. The molecule has 0 saturated heterocycles. The Labute approximate surface area is 330 Å². The lowest BCUT2D eigenvalue weighted by atomic mass is 9.12. The summed E-state index contributed by atoms with van der Waals surface area (Å²) in [6.45, 7) is 16.0. The van der Waals surface area contributed by atoms with Crippen molar-refractivity contribution in [3.05, 3.63) is 203 Å². The fraction of sp³-hybridized carbons (Fsp3) is 0.212. The van der Waals surface area contributed by atoms with Crippen molar-refractivity contribution in [2.24, 2.45) is 0 Å². The van der Waals surface area contributed by atoms with Gasteiger partial charge in [0.2, 0.25) is 5.69 Å². The number of para-hydroxylation sites is 2. The van der Waals surface area contributed by atoms with Gasteiger partial charge in [0.25, 0.3) is 0 Å². The molecule has 0 N–H and O–H groups in total. The van der Waals surface area contributed by atoms with Crippen LogP contribution in [0, 0.1) is 20.8 Å². The minimum Gasteiger partial charge on any atom is -0.347 e. The summed E-state index contributed by atoms with van der Waals surface area (Å²) < 4.78 is 2.32. The highest BCUT2D eigenvalue weighted by Crippen LogP contribution is 2.46. The summed E-state index contributed by atoms with van der Waals surface area (Å²) in [4.78, 5) is 2.32. The van der Waals surface area contributed by atoms with Crippen LogP contribution in [0.1, 0.15) is 55.5 Å². The van der Waals surface area contributed by atoms with Gasteiger partial charge in [-0.25, -0.2) is 0 Å². The SMILES string of the molecule is CN1/C(=C/C=C/C2=[N+](C)c3ccccc3C2(C)C)C(C)(C)c2ccccc21.Cc1ccccc1[B-](c1ccccc1)(c1ccccc1C)c1ccccc1C. The number of hydrogen-bond acceptors (Lipinski definition) is 1. The highest BCUT2D eigenvalue weighted by molar-refractivity contribution is 7.20. The lowest BCUT2D eigenvalue weighted by Crippen LogP contribution is -2.76. The van der Waals surface area contributed by atoms with E-state index >= 15 is 0 Å². The van der Waals surface area contributed by atoms with Crippen molar-refractivity contribution in [3.8, 4) is 0 Å². The third-order valence-corrected chi connectivity index (χ3v) is 12.7. The van der Waals surface area contributed by atoms with E-state index in [1.54, 1.807) is 0 Å². The second-order valence-electron chi connectivity index (χ2n) is 16.5. The highest BCUT2D eigenvalue weighted by atomic mass is 15.2. The normalized spacial score (nSPS) is 16.2. The first kappa shape index (κ1) is 37.6. The van der Waals surface area contributed by atoms with Crippen LogP contribution in [0.2, 0.25) is 0 Å². The molecule has 55 heavy (non-hydrogen) atoms. The second-order valence-corrected chi connectivity index (χ2v) is 16.5. The first-order valence-electron chi connectivity index (χ1n) is 19.7. The average molecular weight is 719 g/mol. The van der Waals surface area contributed by atoms with E-state index in [1.165, 1.54) is 72.5 Å². The Morgan fingerprint density at radius 3 is 1.49 bits per heavy atom. The molecule has 0 fully saturated rings. The van der Waals surface area contributed by atoms with Crippen molar-refractivity contribution in [1.82, 2.24) is 0 Å². The quantitative estimate of drug-likeness (QED) is 0.123. The fourth-order valence-electron chi connectivity index (χ4n) is 9.83. The standard InChI is InChI=1S/C27H26B.C25H29N2/c1-21-13-7-10-18-25(21)28(24-16-5-4-6-17-24,26-19-11-8-14-22(26)2)27-20-12-9-15-23(27)3;1-24(2)18-12-7-9-14-20(18)26(5)22(24)16-11-17-23-25(3,4)19-13-8-10-15-21(19)27(23)6/h4-20H,1-3H3;7-17H,1-6H3/q-1;+1. The minimum atomic E-state index is -1.29. The van der Waals surface area contributed by atoms with E-state index in [0.29, 0.717) is 0 Å². The van der Waals surface area contributed by atoms with Crippen molar-refractivity contribution < 1.29 is 4.58 Å². The Morgan fingerprint density at radius 1 is 0.527 bits per heavy atom. The van der Waals surface area contributed by atoms with Gasteiger partial charge in [-0.1, -0.05) is 176 Å². The Hall–Kier alpha value is -5.67. The zero-order chi connectivity index (χ0) is 39.0. The summed E-state index contributed by atoms with van der Waals surface area (Å²) in [7, 11) is 4.34. The Bertz CT molecular complexity index is 2330. The molecule has 2 aliphatic heterocycles. The average Bonchev–Trinajstić information content (AvgIpc) is 3.51. The molecule has 2 aliphatic rings. The van der Waals surface area contributed by atoms with E-state index in [-0.39, 0.29) is 10.8 Å². The van der Waals surface area contributed by atoms with Gasteiger partial charge in [0.1, 0.15) is 13.2 Å². The van der Waals surface area contributed by atoms with Crippen LogP contribution in [0.25, 0.3) is 0 Å². The smallest absolute Gasteiger partial charge is 0.209 e. The molecule has 6 aromatic rings.